The zero-order valence-electron chi connectivity index (χ0n) is 11.4. The molecule has 5 heteroatoms. The van der Waals surface area contributed by atoms with Crippen molar-refractivity contribution in [3.63, 3.8) is 0 Å². The molecule has 0 saturated carbocycles. The van der Waals surface area contributed by atoms with Crippen LogP contribution in [0.3, 0.4) is 0 Å². The van der Waals surface area contributed by atoms with E-state index in [1.165, 1.54) is 0 Å². The first kappa shape index (κ1) is 13.5. The Hall–Kier alpha value is -1.88. The predicted molar refractivity (Wildman–Crippen MR) is 71.7 cm³/mol. The lowest BCUT2D eigenvalue weighted by Crippen LogP contribution is -2.64. The normalized spacial score (nSPS) is 18.4. The molecule has 2 amide bonds. The van der Waals surface area contributed by atoms with Gasteiger partial charge in [0.2, 0.25) is 5.91 Å². The summed E-state index contributed by atoms with van der Waals surface area (Å²) in [5.74, 6) is -0.593. The summed E-state index contributed by atoms with van der Waals surface area (Å²) in [5.41, 5.74) is 1.80. The highest BCUT2D eigenvalue weighted by Crippen LogP contribution is 2.29. The van der Waals surface area contributed by atoms with Crippen LogP contribution in [0.4, 0.5) is 5.69 Å². The summed E-state index contributed by atoms with van der Waals surface area (Å²) in [6.07, 6.45) is 0. The first-order chi connectivity index (χ1) is 8.86. The van der Waals surface area contributed by atoms with Gasteiger partial charge in [0.15, 0.2) is 0 Å². The fourth-order valence-electron chi connectivity index (χ4n) is 2.29. The lowest BCUT2D eigenvalue weighted by atomic mass is 9.96. The van der Waals surface area contributed by atoms with Gasteiger partial charge in [-0.05, 0) is 38.0 Å². The molecule has 1 saturated heterocycles. The minimum Gasteiger partial charge on any atom is -0.392 e. The molecule has 0 radical (unpaired) electrons. The van der Waals surface area contributed by atoms with Crippen LogP contribution in [-0.2, 0) is 16.2 Å². The molecule has 0 unspecified atom stereocenters. The lowest BCUT2D eigenvalue weighted by Gasteiger charge is -2.42. The number of rotatable bonds is 2. The lowest BCUT2D eigenvalue weighted by molar-refractivity contribution is -0.135. The number of aliphatic hydroxyl groups excluding tert-OH is 1. The van der Waals surface area contributed by atoms with E-state index < -0.39 is 5.54 Å². The van der Waals surface area contributed by atoms with Gasteiger partial charge < -0.3 is 10.0 Å². The zero-order valence-corrected chi connectivity index (χ0v) is 11.4. The van der Waals surface area contributed by atoms with Crippen LogP contribution in [0.25, 0.3) is 0 Å². The van der Waals surface area contributed by atoms with Crippen LogP contribution in [0.1, 0.15) is 25.0 Å². The Balaban J connectivity index is 2.44. The molecule has 1 fully saturated rings. The van der Waals surface area contributed by atoms with E-state index >= 15 is 0 Å². The van der Waals surface area contributed by atoms with Crippen LogP contribution in [-0.4, -0.2) is 29.0 Å². The van der Waals surface area contributed by atoms with E-state index in [2.05, 4.69) is 5.32 Å². The summed E-state index contributed by atoms with van der Waals surface area (Å²) >= 11 is 0. The number of piperazine rings is 1. The van der Waals surface area contributed by atoms with E-state index in [4.69, 9.17) is 5.11 Å². The summed E-state index contributed by atoms with van der Waals surface area (Å²) in [5, 5.41) is 11.5. The Kier molecular flexibility index (Phi) is 3.32. The molecule has 102 valence electrons. The SMILES string of the molecule is Cc1cc(CO)ccc1N1CC(=O)NC(=O)C1(C)C. The maximum Gasteiger partial charge on any atom is 0.251 e. The molecule has 1 aromatic rings. The summed E-state index contributed by atoms with van der Waals surface area (Å²) in [6.45, 7) is 5.60. The molecule has 0 atom stereocenters. The summed E-state index contributed by atoms with van der Waals surface area (Å²) < 4.78 is 0. The fraction of sp³-hybridized carbons (Fsp3) is 0.429. The zero-order chi connectivity index (χ0) is 14.2. The Bertz CT molecular complexity index is 537. The van der Waals surface area contributed by atoms with Gasteiger partial charge in [-0.2, -0.15) is 0 Å². The topological polar surface area (TPSA) is 69.6 Å². The first-order valence-corrected chi connectivity index (χ1v) is 6.18. The number of anilines is 1. The minimum atomic E-state index is -0.778. The third-order valence-electron chi connectivity index (χ3n) is 3.52. The van der Waals surface area contributed by atoms with Crippen LogP contribution < -0.4 is 10.2 Å². The first-order valence-electron chi connectivity index (χ1n) is 6.18. The summed E-state index contributed by atoms with van der Waals surface area (Å²) in [6, 6.07) is 5.51. The molecule has 1 aromatic carbocycles. The Labute approximate surface area is 112 Å². The predicted octanol–water partition coefficient (Wildman–Crippen LogP) is 0.729. The Morgan fingerprint density at radius 2 is 2.05 bits per heavy atom. The van der Waals surface area contributed by atoms with Gasteiger partial charge in [0.25, 0.3) is 5.91 Å². The van der Waals surface area contributed by atoms with Crippen molar-refractivity contribution in [2.75, 3.05) is 11.4 Å². The van der Waals surface area contributed by atoms with Crippen molar-refractivity contribution in [3.05, 3.63) is 29.3 Å². The van der Waals surface area contributed by atoms with Gasteiger partial charge in [-0.15, -0.1) is 0 Å². The van der Waals surface area contributed by atoms with E-state index in [1.54, 1.807) is 24.8 Å². The third-order valence-corrected chi connectivity index (χ3v) is 3.52. The molecule has 1 aliphatic rings. The molecule has 1 heterocycles. The quantitative estimate of drug-likeness (QED) is 0.771. The summed E-state index contributed by atoms with van der Waals surface area (Å²) in [4.78, 5) is 25.3. The molecule has 0 bridgehead atoms. The molecular formula is C14H18N2O3. The second-order valence-corrected chi connectivity index (χ2v) is 5.30. The van der Waals surface area contributed by atoms with Gasteiger partial charge in [0.1, 0.15) is 5.54 Å². The van der Waals surface area contributed by atoms with Crippen LogP contribution in [0, 0.1) is 6.92 Å². The van der Waals surface area contributed by atoms with Crippen molar-refractivity contribution in [1.29, 1.82) is 0 Å². The molecule has 0 aliphatic carbocycles. The monoisotopic (exact) mass is 262 g/mol. The smallest absolute Gasteiger partial charge is 0.251 e. The number of nitrogens with zero attached hydrogens (tertiary/aromatic N) is 1. The number of benzene rings is 1. The van der Waals surface area contributed by atoms with E-state index in [0.29, 0.717) is 0 Å². The highest BCUT2D eigenvalue weighted by atomic mass is 16.3. The number of hydrogen-bond acceptors (Lipinski definition) is 4. The average Bonchev–Trinajstić information content (AvgIpc) is 2.34. The molecule has 2 N–H and O–H groups in total. The van der Waals surface area contributed by atoms with Gasteiger partial charge in [0.05, 0.1) is 13.2 Å². The molecule has 2 rings (SSSR count). The number of aliphatic hydroxyl groups is 1. The number of amides is 2. The molecule has 5 nitrogen and oxygen atoms in total. The second kappa shape index (κ2) is 4.66. The molecule has 0 aromatic heterocycles. The fourth-order valence-corrected chi connectivity index (χ4v) is 2.29. The van der Waals surface area contributed by atoms with E-state index in [-0.39, 0.29) is 25.0 Å². The number of nitrogens with one attached hydrogen (secondary N) is 1. The van der Waals surface area contributed by atoms with Crippen molar-refractivity contribution >= 4 is 17.5 Å². The van der Waals surface area contributed by atoms with Crippen molar-refractivity contribution in [2.45, 2.75) is 32.9 Å². The molecule has 19 heavy (non-hydrogen) atoms. The maximum absolute atomic E-state index is 11.9. The van der Waals surface area contributed by atoms with Crippen LogP contribution in [0.15, 0.2) is 18.2 Å². The van der Waals surface area contributed by atoms with Crippen molar-refractivity contribution in [3.8, 4) is 0 Å². The highest BCUT2D eigenvalue weighted by molar-refractivity contribution is 6.06. The van der Waals surface area contributed by atoms with Crippen molar-refractivity contribution < 1.29 is 14.7 Å². The maximum atomic E-state index is 11.9. The number of carbonyl (C=O) groups is 2. The number of aryl methyl sites for hydroxylation is 1. The molecule has 1 aliphatic heterocycles. The highest BCUT2D eigenvalue weighted by Gasteiger charge is 2.41. The van der Waals surface area contributed by atoms with E-state index in [1.807, 2.05) is 19.1 Å². The standard InChI is InChI=1S/C14H18N2O3/c1-9-6-10(8-17)4-5-11(9)16-7-12(18)15-13(19)14(16,2)3/h4-6,17H,7-8H2,1-3H3,(H,15,18,19). The van der Waals surface area contributed by atoms with Crippen LogP contribution in [0.5, 0.6) is 0 Å². The second-order valence-electron chi connectivity index (χ2n) is 5.30. The van der Waals surface area contributed by atoms with Gasteiger partial charge in [-0.1, -0.05) is 12.1 Å². The third kappa shape index (κ3) is 2.33. The van der Waals surface area contributed by atoms with Gasteiger partial charge >= 0.3 is 0 Å². The Morgan fingerprint density at radius 1 is 1.37 bits per heavy atom. The van der Waals surface area contributed by atoms with Gasteiger partial charge in [0, 0.05) is 5.69 Å². The van der Waals surface area contributed by atoms with Crippen LogP contribution in [0.2, 0.25) is 0 Å². The number of carbonyl (C=O) groups excluding carboxylic acids is 2. The van der Waals surface area contributed by atoms with Crippen LogP contribution >= 0.6 is 0 Å². The average molecular weight is 262 g/mol. The van der Waals surface area contributed by atoms with E-state index in [0.717, 1.165) is 16.8 Å². The number of imide groups is 1. The molecular weight excluding hydrogens is 244 g/mol. The van der Waals surface area contributed by atoms with Crippen molar-refractivity contribution in [2.24, 2.45) is 0 Å². The largest absolute Gasteiger partial charge is 0.392 e. The molecule has 0 spiro atoms. The van der Waals surface area contributed by atoms with E-state index in [9.17, 15) is 9.59 Å². The van der Waals surface area contributed by atoms with Gasteiger partial charge in [-0.3, -0.25) is 14.9 Å². The van der Waals surface area contributed by atoms with Gasteiger partial charge in [-0.25, -0.2) is 0 Å². The Morgan fingerprint density at radius 3 is 2.63 bits per heavy atom. The minimum absolute atomic E-state index is 0.0239. The van der Waals surface area contributed by atoms with Crippen molar-refractivity contribution in [1.82, 2.24) is 5.32 Å². The number of hydrogen-bond donors (Lipinski definition) is 2. The summed E-state index contributed by atoms with van der Waals surface area (Å²) in [7, 11) is 0.